The first-order valence-corrected chi connectivity index (χ1v) is 7.76. The van der Waals surface area contributed by atoms with Gasteiger partial charge in [-0.3, -0.25) is 9.59 Å². The molecule has 1 aromatic carbocycles. The van der Waals surface area contributed by atoms with E-state index < -0.39 is 12.1 Å². The minimum Gasteiger partial charge on any atom is -0.355 e. The van der Waals surface area contributed by atoms with Crippen LogP contribution in [0.5, 0.6) is 0 Å². The lowest BCUT2D eigenvalue weighted by molar-refractivity contribution is -0.123. The summed E-state index contributed by atoms with van der Waals surface area (Å²) in [5, 5.41) is 10.6. The van der Waals surface area contributed by atoms with E-state index in [1.165, 1.54) is 0 Å². The first kappa shape index (κ1) is 19.5. The Labute approximate surface area is 142 Å². The Hall–Kier alpha value is -2.57. The molecule has 7 heteroatoms. The van der Waals surface area contributed by atoms with E-state index in [4.69, 9.17) is 0 Å². The Kier molecular flexibility index (Phi) is 6.34. The van der Waals surface area contributed by atoms with E-state index >= 15 is 0 Å². The molecule has 7 nitrogen and oxygen atoms in total. The van der Waals surface area contributed by atoms with Gasteiger partial charge in [-0.15, -0.1) is 0 Å². The molecule has 0 radical (unpaired) electrons. The number of hydrogen-bond donors (Lipinski definition) is 4. The molecule has 0 bridgehead atoms. The van der Waals surface area contributed by atoms with Crippen LogP contribution in [0.25, 0.3) is 0 Å². The second-order valence-electron chi connectivity index (χ2n) is 6.62. The van der Waals surface area contributed by atoms with E-state index in [1.807, 2.05) is 20.8 Å². The highest BCUT2D eigenvalue weighted by atomic mass is 16.2. The minimum atomic E-state index is -0.688. The highest BCUT2D eigenvalue weighted by Gasteiger charge is 2.21. The number of carbonyl (C=O) groups excluding carboxylic acids is 3. The maximum absolute atomic E-state index is 12.1. The Morgan fingerprint density at radius 2 is 1.75 bits per heavy atom. The molecule has 1 rings (SSSR count). The maximum Gasteiger partial charge on any atom is 0.319 e. The fraction of sp³-hybridized carbons (Fsp3) is 0.471. The number of nitrogens with one attached hydrogen (secondary N) is 4. The van der Waals surface area contributed by atoms with Crippen LogP contribution in [-0.2, 0) is 4.79 Å². The Bertz CT molecular complexity index is 635. The number of hydrogen-bond acceptors (Lipinski definition) is 3. The molecule has 24 heavy (non-hydrogen) atoms. The second-order valence-corrected chi connectivity index (χ2v) is 6.62. The van der Waals surface area contributed by atoms with Gasteiger partial charge in [0.15, 0.2) is 0 Å². The quantitative estimate of drug-likeness (QED) is 0.675. The van der Waals surface area contributed by atoms with Gasteiger partial charge in [0.05, 0.1) is 0 Å². The van der Waals surface area contributed by atoms with Crippen molar-refractivity contribution < 1.29 is 14.4 Å². The van der Waals surface area contributed by atoms with Gasteiger partial charge in [0.1, 0.15) is 6.04 Å². The van der Waals surface area contributed by atoms with Crippen molar-refractivity contribution in [3.05, 3.63) is 29.3 Å². The fourth-order valence-corrected chi connectivity index (χ4v) is 2.05. The van der Waals surface area contributed by atoms with E-state index in [-0.39, 0.29) is 17.4 Å². The van der Waals surface area contributed by atoms with Crippen molar-refractivity contribution in [3.63, 3.8) is 0 Å². The SMILES string of the molecule is CNC(=O)c1cccc(NC(=O)N[C@@H](C)C(=O)NC(C)(C)C)c1C. The van der Waals surface area contributed by atoms with Crippen molar-refractivity contribution in [3.8, 4) is 0 Å². The Morgan fingerprint density at radius 3 is 2.29 bits per heavy atom. The molecule has 132 valence electrons. The predicted molar refractivity (Wildman–Crippen MR) is 94.1 cm³/mol. The molecule has 0 aliphatic heterocycles. The minimum absolute atomic E-state index is 0.227. The van der Waals surface area contributed by atoms with E-state index in [0.29, 0.717) is 16.8 Å². The molecule has 0 fully saturated rings. The molecular weight excluding hydrogens is 308 g/mol. The topological polar surface area (TPSA) is 99.3 Å². The van der Waals surface area contributed by atoms with Crippen LogP contribution in [0.4, 0.5) is 10.5 Å². The lowest BCUT2D eigenvalue weighted by Crippen LogP contribution is -2.51. The van der Waals surface area contributed by atoms with Gasteiger partial charge in [-0.25, -0.2) is 4.79 Å². The van der Waals surface area contributed by atoms with Crippen molar-refractivity contribution >= 4 is 23.5 Å². The summed E-state index contributed by atoms with van der Waals surface area (Å²) >= 11 is 0. The third-order valence-electron chi connectivity index (χ3n) is 3.29. The zero-order valence-corrected chi connectivity index (χ0v) is 15.0. The zero-order chi connectivity index (χ0) is 18.5. The third kappa shape index (κ3) is 5.57. The van der Waals surface area contributed by atoms with Gasteiger partial charge in [-0.1, -0.05) is 6.07 Å². The van der Waals surface area contributed by atoms with Crippen LogP contribution in [0.3, 0.4) is 0 Å². The summed E-state index contributed by atoms with van der Waals surface area (Å²) in [6, 6.07) is 3.86. The average molecular weight is 334 g/mol. The molecule has 0 saturated heterocycles. The predicted octanol–water partition coefficient (Wildman–Crippen LogP) is 1.78. The number of amides is 4. The maximum atomic E-state index is 12.1. The molecule has 1 atom stereocenters. The molecule has 0 spiro atoms. The van der Waals surface area contributed by atoms with Gasteiger partial charge >= 0.3 is 6.03 Å². The fourth-order valence-electron chi connectivity index (χ4n) is 2.05. The van der Waals surface area contributed by atoms with E-state index in [0.717, 1.165) is 0 Å². The standard InChI is InChI=1S/C17H26N4O3/c1-10-12(15(23)18-6)8-7-9-13(10)20-16(24)19-11(2)14(22)21-17(3,4)5/h7-9,11H,1-6H3,(H,18,23)(H,21,22)(H2,19,20,24)/t11-/m0/s1. The average Bonchev–Trinajstić information content (AvgIpc) is 2.46. The Balaban J connectivity index is 2.75. The lowest BCUT2D eigenvalue weighted by Gasteiger charge is -2.23. The third-order valence-corrected chi connectivity index (χ3v) is 3.29. The van der Waals surface area contributed by atoms with Gasteiger partial charge in [-0.05, 0) is 52.3 Å². The highest BCUT2D eigenvalue weighted by Crippen LogP contribution is 2.18. The first-order valence-electron chi connectivity index (χ1n) is 7.76. The zero-order valence-electron chi connectivity index (χ0n) is 15.0. The second kappa shape index (κ2) is 7.81. The number of rotatable bonds is 4. The van der Waals surface area contributed by atoms with Gasteiger partial charge in [0.25, 0.3) is 5.91 Å². The van der Waals surface area contributed by atoms with Crippen molar-refractivity contribution in [1.29, 1.82) is 0 Å². The first-order chi connectivity index (χ1) is 11.0. The number of anilines is 1. The van der Waals surface area contributed by atoms with Crippen molar-refractivity contribution in [1.82, 2.24) is 16.0 Å². The molecule has 4 amide bonds. The van der Waals surface area contributed by atoms with E-state index in [2.05, 4.69) is 21.3 Å². The molecule has 0 heterocycles. The van der Waals surface area contributed by atoms with E-state index in [9.17, 15) is 14.4 Å². The lowest BCUT2D eigenvalue weighted by atomic mass is 10.1. The summed E-state index contributed by atoms with van der Waals surface area (Å²) in [4.78, 5) is 35.9. The largest absolute Gasteiger partial charge is 0.355 e. The molecule has 0 aliphatic rings. The van der Waals surface area contributed by atoms with Crippen LogP contribution < -0.4 is 21.3 Å². The molecule has 0 unspecified atom stereocenters. The Morgan fingerprint density at radius 1 is 1.12 bits per heavy atom. The van der Waals surface area contributed by atoms with Gasteiger partial charge in [0, 0.05) is 23.8 Å². The summed E-state index contributed by atoms with van der Waals surface area (Å²) in [5.41, 5.74) is 1.27. The van der Waals surface area contributed by atoms with Crippen LogP contribution in [0.15, 0.2) is 18.2 Å². The number of urea groups is 1. The molecule has 1 aromatic rings. The summed E-state index contributed by atoms with van der Waals surface area (Å²) in [5.74, 6) is -0.497. The van der Waals surface area contributed by atoms with Crippen LogP contribution >= 0.6 is 0 Å². The molecular formula is C17H26N4O3. The van der Waals surface area contributed by atoms with Crippen molar-refractivity contribution in [2.45, 2.75) is 46.2 Å². The highest BCUT2D eigenvalue weighted by molar-refractivity contribution is 5.99. The summed E-state index contributed by atoms with van der Waals surface area (Å²) in [7, 11) is 1.55. The van der Waals surface area contributed by atoms with Gasteiger partial charge in [-0.2, -0.15) is 0 Å². The van der Waals surface area contributed by atoms with Crippen molar-refractivity contribution in [2.24, 2.45) is 0 Å². The number of carbonyl (C=O) groups is 3. The van der Waals surface area contributed by atoms with Gasteiger partial charge < -0.3 is 21.3 Å². The normalized spacial score (nSPS) is 12.1. The molecule has 0 aliphatic carbocycles. The summed E-state index contributed by atoms with van der Waals surface area (Å²) in [6.45, 7) is 8.95. The molecule has 0 aromatic heterocycles. The van der Waals surface area contributed by atoms with Crippen LogP contribution in [0.1, 0.15) is 43.6 Å². The smallest absolute Gasteiger partial charge is 0.319 e. The molecule has 4 N–H and O–H groups in total. The molecule has 0 saturated carbocycles. The monoisotopic (exact) mass is 334 g/mol. The van der Waals surface area contributed by atoms with E-state index in [1.54, 1.807) is 39.1 Å². The van der Waals surface area contributed by atoms with Gasteiger partial charge in [0.2, 0.25) is 5.91 Å². The van der Waals surface area contributed by atoms with Crippen molar-refractivity contribution in [2.75, 3.05) is 12.4 Å². The van der Waals surface area contributed by atoms with Crippen LogP contribution in [0, 0.1) is 6.92 Å². The summed E-state index contributed by atoms with van der Waals surface area (Å²) in [6.07, 6.45) is 0. The number of benzene rings is 1. The summed E-state index contributed by atoms with van der Waals surface area (Å²) < 4.78 is 0. The van der Waals surface area contributed by atoms with Crippen LogP contribution in [-0.4, -0.2) is 36.5 Å². The van der Waals surface area contributed by atoms with Crippen LogP contribution in [0.2, 0.25) is 0 Å².